The minimum atomic E-state index is -4.46. The van der Waals surface area contributed by atoms with Crippen LogP contribution in [0.15, 0.2) is 35.5 Å². The average Bonchev–Trinajstić information content (AvgIpc) is 3.32. The van der Waals surface area contributed by atoms with Crippen LogP contribution in [0.25, 0.3) is 10.9 Å². The highest BCUT2D eigenvalue weighted by atomic mass is 19.4. The summed E-state index contributed by atoms with van der Waals surface area (Å²) in [6, 6.07) is 5.58. The van der Waals surface area contributed by atoms with Gasteiger partial charge in [0.1, 0.15) is 12.2 Å². The molecular formula is C26H28F3N5O3. The molecule has 1 N–H and O–H groups in total. The molecule has 3 aromatic rings. The van der Waals surface area contributed by atoms with Gasteiger partial charge in [-0.3, -0.25) is 19.3 Å². The molecule has 196 valence electrons. The van der Waals surface area contributed by atoms with Gasteiger partial charge in [0, 0.05) is 25.4 Å². The van der Waals surface area contributed by atoms with Crippen LogP contribution in [0.3, 0.4) is 0 Å². The molecule has 11 heteroatoms. The van der Waals surface area contributed by atoms with Crippen molar-refractivity contribution in [2.24, 2.45) is 4.99 Å². The van der Waals surface area contributed by atoms with E-state index in [-0.39, 0.29) is 11.5 Å². The SMILES string of the molecule is CC(=O)N1CCC(O)(c2cc3c(=NC(C)c4cccc(C(F)(F)F)c4C)nc4n(c3cn2)CCO4)CC1. The fourth-order valence-electron chi connectivity index (χ4n) is 5.18. The molecule has 1 unspecified atom stereocenters. The van der Waals surface area contributed by atoms with E-state index in [1.807, 2.05) is 4.57 Å². The van der Waals surface area contributed by atoms with Crippen LogP contribution in [-0.2, 0) is 23.1 Å². The van der Waals surface area contributed by atoms with E-state index in [0.717, 1.165) is 6.07 Å². The number of carbonyl (C=O) groups excluding carboxylic acids is 1. The van der Waals surface area contributed by atoms with Gasteiger partial charge in [-0.15, -0.1) is 0 Å². The van der Waals surface area contributed by atoms with E-state index in [4.69, 9.17) is 9.73 Å². The maximum Gasteiger partial charge on any atom is 0.416 e. The Labute approximate surface area is 211 Å². The number of rotatable bonds is 3. The van der Waals surface area contributed by atoms with Gasteiger partial charge in [0.25, 0.3) is 6.01 Å². The first-order chi connectivity index (χ1) is 17.5. The molecule has 1 saturated heterocycles. The summed E-state index contributed by atoms with van der Waals surface area (Å²) >= 11 is 0. The number of piperidine rings is 1. The van der Waals surface area contributed by atoms with E-state index in [9.17, 15) is 23.1 Å². The van der Waals surface area contributed by atoms with Gasteiger partial charge in [-0.05, 0) is 49.9 Å². The molecule has 0 bridgehead atoms. The van der Waals surface area contributed by atoms with Gasteiger partial charge in [-0.2, -0.15) is 18.2 Å². The van der Waals surface area contributed by atoms with E-state index in [1.165, 1.54) is 19.9 Å². The van der Waals surface area contributed by atoms with Crippen molar-refractivity contribution in [3.63, 3.8) is 0 Å². The molecule has 5 rings (SSSR count). The number of hydrogen-bond acceptors (Lipinski definition) is 6. The van der Waals surface area contributed by atoms with Crippen molar-refractivity contribution in [3.05, 3.63) is 58.3 Å². The zero-order valence-corrected chi connectivity index (χ0v) is 20.8. The first-order valence-electron chi connectivity index (χ1n) is 12.2. The minimum Gasteiger partial charge on any atom is -0.463 e. The number of fused-ring (bicyclic) bond motifs is 3. The van der Waals surface area contributed by atoms with E-state index in [1.54, 1.807) is 30.2 Å². The molecule has 4 heterocycles. The van der Waals surface area contributed by atoms with Crippen molar-refractivity contribution in [1.82, 2.24) is 19.4 Å². The number of likely N-dealkylation sites (tertiary alicyclic amines) is 1. The lowest BCUT2D eigenvalue weighted by molar-refractivity contribution is -0.138. The van der Waals surface area contributed by atoms with Crippen molar-refractivity contribution in [2.45, 2.75) is 58.0 Å². The van der Waals surface area contributed by atoms with Crippen LogP contribution in [0.2, 0.25) is 0 Å². The molecule has 0 saturated carbocycles. The van der Waals surface area contributed by atoms with Crippen molar-refractivity contribution in [1.29, 1.82) is 0 Å². The smallest absolute Gasteiger partial charge is 0.416 e. The topological polar surface area (TPSA) is 92.8 Å². The van der Waals surface area contributed by atoms with E-state index in [2.05, 4.69) is 9.97 Å². The second-order valence-electron chi connectivity index (χ2n) is 9.67. The zero-order valence-electron chi connectivity index (χ0n) is 20.8. The van der Waals surface area contributed by atoms with Gasteiger partial charge in [0.05, 0.1) is 35.6 Å². The third-order valence-corrected chi connectivity index (χ3v) is 7.35. The highest BCUT2D eigenvalue weighted by molar-refractivity contribution is 5.78. The summed E-state index contributed by atoms with van der Waals surface area (Å²) in [5.74, 6) is -0.0374. The number of hydrogen-bond donors (Lipinski definition) is 1. The molecule has 2 aliphatic rings. The normalized spacial score (nSPS) is 18.6. The molecule has 0 radical (unpaired) electrons. The number of benzene rings is 1. The Kier molecular flexibility index (Phi) is 6.21. The van der Waals surface area contributed by atoms with Gasteiger partial charge in [-0.1, -0.05) is 12.1 Å². The molecule has 37 heavy (non-hydrogen) atoms. The number of carbonyl (C=O) groups is 1. The third kappa shape index (κ3) is 4.56. The Morgan fingerprint density at radius 1 is 1.24 bits per heavy atom. The van der Waals surface area contributed by atoms with Crippen LogP contribution < -0.4 is 10.2 Å². The molecule has 0 spiro atoms. The number of nitrogens with zero attached hydrogens (tertiary/aromatic N) is 5. The lowest BCUT2D eigenvalue weighted by Gasteiger charge is -2.37. The van der Waals surface area contributed by atoms with E-state index < -0.39 is 23.4 Å². The Balaban J connectivity index is 1.61. The molecular weight excluding hydrogens is 487 g/mol. The third-order valence-electron chi connectivity index (χ3n) is 7.35. The number of halogens is 3. The molecule has 1 fully saturated rings. The zero-order chi connectivity index (χ0) is 26.5. The Morgan fingerprint density at radius 3 is 2.65 bits per heavy atom. The Morgan fingerprint density at radius 2 is 1.97 bits per heavy atom. The van der Waals surface area contributed by atoms with Gasteiger partial charge in [-0.25, -0.2) is 0 Å². The summed E-state index contributed by atoms with van der Waals surface area (Å²) in [4.78, 5) is 27.3. The molecule has 1 aromatic carbocycles. The highest BCUT2D eigenvalue weighted by Gasteiger charge is 2.37. The average molecular weight is 516 g/mol. The van der Waals surface area contributed by atoms with Crippen LogP contribution in [0.5, 0.6) is 6.01 Å². The first kappa shape index (κ1) is 25.2. The Bertz CT molecular complexity index is 1440. The molecule has 2 aliphatic heterocycles. The monoisotopic (exact) mass is 515 g/mol. The van der Waals surface area contributed by atoms with Crippen LogP contribution in [0.1, 0.15) is 55.1 Å². The second kappa shape index (κ2) is 9.13. The number of alkyl halides is 3. The minimum absolute atomic E-state index is 0.0374. The number of aromatic nitrogens is 3. The van der Waals surface area contributed by atoms with Gasteiger partial charge >= 0.3 is 6.18 Å². The fraction of sp³-hybridized carbons (Fsp3) is 0.462. The predicted molar refractivity (Wildman–Crippen MR) is 129 cm³/mol. The van der Waals surface area contributed by atoms with Gasteiger partial charge in [0.15, 0.2) is 5.49 Å². The number of pyridine rings is 1. The first-order valence-corrected chi connectivity index (χ1v) is 12.2. The maximum atomic E-state index is 13.5. The predicted octanol–water partition coefficient (Wildman–Crippen LogP) is 3.64. The Hall–Kier alpha value is -3.47. The molecule has 0 aliphatic carbocycles. The number of aliphatic hydroxyl groups is 1. The lowest BCUT2D eigenvalue weighted by Crippen LogP contribution is -2.44. The summed E-state index contributed by atoms with van der Waals surface area (Å²) in [5.41, 5.74) is 0.122. The van der Waals surface area contributed by atoms with Crippen molar-refractivity contribution < 1.29 is 27.8 Å². The molecule has 2 aromatic heterocycles. The maximum absolute atomic E-state index is 13.5. The summed E-state index contributed by atoms with van der Waals surface area (Å²) in [7, 11) is 0. The lowest BCUT2D eigenvalue weighted by atomic mass is 9.87. The fourth-order valence-corrected chi connectivity index (χ4v) is 5.18. The summed E-state index contributed by atoms with van der Waals surface area (Å²) < 4.78 is 48.0. The summed E-state index contributed by atoms with van der Waals surface area (Å²) in [5, 5.41) is 12.0. The van der Waals surface area contributed by atoms with Crippen molar-refractivity contribution in [3.8, 4) is 6.01 Å². The highest BCUT2D eigenvalue weighted by Crippen LogP contribution is 2.36. The largest absolute Gasteiger partial charge is 0.463 e. The molecule has 8 nitrogen and oxygen atoms in total. The molecule has 1 amide bonds. The standard InChI is InChI=1S/C26H28F3N5O3/c1-15-18(5-4-6-20(15)26(27,28)29)16(2)31-23-19-13-22(25(36)7-9-33(10-8-25)17(3)35)30-14-21(19)34-11-12-37-24(34)32-23/h4-6,13-14,16,36H,7-12H2,1-3H3. The van der Waals surface area contributed by atoms with Crippen LogP contribution >= 0.6 is 0 Å². The van der Waals surface area contributed by atoms with Crippen molar-refractivity contribution in [2.75, 3.05) is 19.7 Å². The summed E-state index contributed by atoms with van der Waals surface area (Å²) in [6.45, 7) is 6.51. The second-order valence-corrected chi connectivity index (χ2v) is 9.67. The van der Waals surface area contributed by atoms with Crippen LogP contribution in [0.4, 0.5) is 13.2 Å². The summed E-state index contributed by atoms with van der Waals surface area (Å²) in [6.07, 6.45) is -2.13. The van der Waals surface area contributed by atoms with Gasteiger partial charge < -0.3 is 14.7 Å². The molecule has 1 atom stereocenters. The number of ether oxygens (including phenoxy) is 1. The van der Waals surface area contributed by atoms with Crippen molar-refractivity contribution >= 4 is 16.8 Å². The quantitative estimate of drug-likeness (QED) is 0.575. The van der Waals surface area contributed by atoms with Gasteiger partial charge in [0.2, 0.25) is 5.91 Å². The van der Waals surface area contributed by atoms with E-state index in [0.29, 0.717) is 72.7 Å². The van der Waals surface area contributed by atoms with E-state index >= 15 is 0 Å². The number of amides is 1. The van der Waals surface area contributed by atoms with Crippen LogP contribution in [0, 0.1) is 6.92 Å². The van der Waals surface area contributed by atoms with Crippen LogP contribution in [-0.4, -0.2) is 50.1 Å².